The topological polar surface area (TPSA) is 29.5 Å². The zero-order chi connectivity index (χ0) is 16.8. The number of rotatable bonds is 2. The molecule has 3 nitrogen and oxygen atoms in total. The van der Waals surface area contributed by atoms with Crippen molar-refractivity contribution in [2.24, 2.45) is 5.92 Å². The van der Waals surface area contributed by atoms with Crippen LogP contribution in [0.1, 0.15) is 37.3 Å². The molecule has 0 spiro atoms. The second-order valence-electron chi connectivity index (χ2n) is 6.53. The van der Waals surface area contributed by atoms with Crippen LogP contribution in [0.25, 0.3) is 0 Å². The molecular weight excluding hydrogens is 307 g/mol. The number of carbonyl (C=O) groups excluding carboxylic acids is 1. The number of hydrogen-bond acceptors (Lipinski definition) is 2. The normalized spacial score (nSPS) is 31.1. The Labute approximate surface area is 133 Å². The summed E-state index contributed by atoms with van der Waals surface area (Å²) >= 11 is 0. The molecule has 0 bridgehead atoms. The summed E-state index contributed by atoms with van der Waals surface area (Å²) in [5, 5.41) is 0. The van der Waals surface area contributed by atoms with E-state index in [2.05, 4.69) is 0 Å². The quantitative estimate of drug-likeness (QED) is 0.833. The summed E-state index contributed by atoms with van der Waals surface area (Å²) in [5.41, 5.74) is -0.378. The van der Waals surface area contributed by atoms with Gasteiger partial charge in [0.2, 0.25) is 5.91 Å². The Bertz CT molecular complexity index is 592. The maximum Gasteiger partial charge on any atom is 0.416 e. The van der Waals surface area contributed by atoms with Gasteiger partial charge in [0.1, 0.15) is 0 Å². The molecule has 0 aromatic heterocycles. The smallest absolute Gasteiger partial charge is 0.372 e. The summed E-state index contributed by atoms with van der Waals surface area (Å²) < 4.78 is 44.9. The molecule has 4 unspecified atom stereocenters. The van der Waals surface area contributed by atoms with Gasteiger partial charge in [-0.25, -0.2) is 0 Å². The van der Waals surface area contributed by atoms with Crippen molar-refractivity contribution in [2.45, 2.75) is 44.6 Å². The van der Waals surface area contributed by atoms with E-state index in [0.29, 0.717) is 19.5 Å². The molecule has 1 saturated heterocycles. The van der Waals surface area contributed by atoms with Crippen LogP contribution in [0.5, 0.6) is 0 Å². The minimum Gasteiger partial charge on any atom is -0.372 e. The van der Waals surface area contributed by atoms with E-state index >= 15 is 0 Å². The van der Waals surface area contributed by atoms with Crippen LogP contribution in [-0.4, -0.2) is 36.1 Å². The van der Waals surface area contributed by atoms with Gasteiger partial charge in [-0.2, -0.15) is 13.2 Å². The summed E-state index contributed by atoms with van der Waals surface area (Å²) in [6.07, 6.45) is -3.97. The molecule has 1 saturated carbocycles. The lowest BCUT2D eigenvalue weighted by Gasteiger charge is -2.35. The van der Waals surface area contributed by atoms with Crippen LogP contribution in [-0.2, 0) is 15.7 Å². The highest BCUT2D eigenvalue weighted by atomic mass is 19.4. The minimum atomic E-state index is -4.38. The molecule has 2 fully saturated rings. The third-order valence-electron chi connectivity index (χ3n) is 4.50. The Morgan fingerprint density at radius 2 is 1.78 bits per heavy atom. The molecule has 2 aliphatic rings. The first-order valence-corrected chi connectivity index (χ1v) is 7.87. The van der Waals surface area contributed by atoms with Gasteiger partial charge in [0.25, 0.3) is 0 Å². The van der Waals surface area contributed by atoms with Crippen molar-refractivity contribution in [3.63, 3.8) is 0 Å². The van der Waals surface area contributed by atoms with Crippen molar-refractivity contribution in [1.82, 2.24) is 4.90 Å². The number of benzene rings is 1. The van der Waals surface area contributed by atoms with E-state index in [-0.39, 0.29) is 35.5 Å². The Morgan fingerprint density at radius 3 is 2.39 bits per heavy atom. The van der Waals surface area contributed by atoms with E-state index in [1.807, 2.05) is 13.8 Å². The van der Waals surface area contributed by atoms with Crippen molar-refractivity contribution in [3.8, 4) is 0 Å². The number of alkyl halides is 3. The zero-order valence-corrected chi connectivity index (χ0v) is 13.1. The predicted molar refractivity (Wildman–Crippen MR) is 78.9 cm³/mol. The van der Waals surface area contributed by atoms with Gasteiger partial charge in [-0.15, -0.1) is 0 Å². The molecule has 4 atom stereocenters. The molecule has 1 heterocycles. The lowest BCUT2D eigenvalue weighted by molar-refractivity contribution is -0.145. The molecule has 1 amide bonds. The van der Waals surface area contributed by atoms with Crippen molar-refractivity contribution in [3.05, 3.63) is 35.4 Å². The van der Waals surface area contributed by atoms with Crippen LogP contribution < -0.4 is 0 Å². The van der Waals surface area contributed by atoms with E-state index in [1.165, 1.54) is 12.1 Å². The number of carbonyl (C=O) groups is 1. The van der Waals surface area contributed by atoms with E-state index in [0.717, 1.165) is 6.07 Å². The first-order valence-electron chi connectivity index (χ1n) is 7.87. The third kappa shape index (κ3) is 3.37. The van der Waals surface area contributed by atoms with Gasteiger partial charge < -0.3 is 9.64 Å². The molecule has 1 aromatic rings. The third-order valence-corrected chi connectivity index (χ3v) is 4.50. The maximum atomic E-state index is 13.1. The summed E-state index contributed by atoms with van der Waals surface area (Å²) in [6.45, 7) is 4.82. The fourth-order valence-corrected chi connectivity index (χ4v) is 3.48. The molecular formula is C17H20F3NO2. The number of halogens is 3. The highest BCUT2D eigenvalue weighted by molar-refractivity contribution is 5.83. The number of nitrogens with zero attached hydrogens (tertiary/aromatic N) is 1. The zero-order valence-electron chi connectivity index (χ0n) is 13.1. The summed E-state index contributed by atoms with van der Waals surface area (Å²) in [7, 11) is 0. The second-order valence-corrected chi connectivity index (χ2v) is 6.53. The minimum absolute atomic E-state index is 0.0395. The number of morpholine rings is 1. The van der Waals surface area contributed by atoms with Gasteiger partial charge in [-0.05, 0) is 37.8 Å². The van der Waals surface area contributed by atoms with Crippen molar-refractivity contribution >= 4 is 5.91 Å². The summed E-state index contributed by atoms with van der Waals surface area (Å²) in [5.74, 6) is -0.709. The molecule has 126 valence electrons. The Kier molecular flexibility index (Phi) is 4.12. The largest absolute Gasteiger partial charge is 0.416 e. The van der Waals surface area contributed by atoms with Crippen LogP contribution in [0.3, 0.4) is 0 Å². The first-order chi connectivity index (χ1) is 10.8. The SMILES string of the molecule is CC1CN(C(=O)C2CC2c2ccccc2C(F)(F)F)CC(C)O1. The monoisotopic (exact) mass is 327 g/mol. The molecule has 1 aliphatic carbocycles. The lowest BCUT2D eigenvalue weighted by Crippen LogP contribution is -2.48. The van der Waals surface area contributed by atoms with Gasteiger partial charge in [0, 0.05) is 19.0 Å². The molecule has 0 radical (unpaired) electrons. The van der Waals surface area contributed by atoms with Crippen molar-refractivity contribution < 1.29 is 22.7 Å². The molecule has 3 rings (SSSR count). The second kappa shape index (κ2) is 5.82. The fraction of sp³-hybridized carbons (Fsp3) is 0.588. The van der Waals surface area contributed by atoms with E-state index in [4.69, 9.17) is 4.74 Å². The van der Waals surface area contributed by atoms with Gasteiger partial charge >= 0.3 is 6.18 Å². The van der Waals surface area contributed by atoms with Gasteiger partial charge in [0.15, 0.2) is 0 Å². The molecule has 1 aromatic carbocycles. The summed E-state index contributed by atoms with van der Waals surface area (Å²) in [4.78, 5) is 14.3. The molecule has 1 aliphatic heterocycles. The fourth-order valence-electron chi connectivity index (χ4n) is 3.48. The van der Waals surface area contributed by atoms with Gasteiger partial charge in [-0.3, -0.25) is 4.79 Å². The van der Waals surface area contributed by atoms with E-state index < -0.39 is 11.7 Å². The number of amides is 1. The van der Waals surface area contributed by atoms with Crippen LogP contribution >= 0.6 is 0 Å². The Balaban J connectivity index is 1.74. The van der Waals surface area contributed by atoms with Crippen LogP contribution in [0.15, 0.2) is 24.3 Å². The van der Waals surface area contributed by atoms with Crippen LogP contribution in [0.2, 0.25) is 0 Å². The van der Waals surface area contributed by atoms with Gasteiger partial charge in [0.05, 0.1) is 17.8 Å². The van der Waals surface area contributed by atoms with Gasteiger partial charge in [-0.1, -0.05) is 18.2 Å². The highest BCUT2D eigenvalue weighted by Crippen LogP contribution is 2.51. The van der Waals surface area contributed by atoms with Crippen molar-refractivity contribution in [2.75, 3.05) is 13.1 Å². The molecule has 23 heavy (non-hydrogen) atoms. The highest BCUT2D eigenvalue weighted by Gasteiger charge is 2.49. The standard InChI is InChI=1S/C17H20F3NO2/c1-10-8-21(9-11(2)23-10)16(22)14-7-13(14)12-5-3-4-6-15(12)17(18,19)20/h3-6,10-11,13-14H,7-9H2,1-2H3. The molecule has 0 N–H and O–H groups in total. The number of ether oxygens (including phenoxy) is 1. The van der Waals surface area contributed by atoms with Crippen LogP contribution in [0.4, 0.5) is 13.2 Å². The number of hydrogen-bond donors (Lipinski definition) is 0. The average Bonchev–Trinajstić information content (AvgIpc) is 3.25. The van der Waals surface area contributed by atoms with Crippen LogP contribution in [0, 0.1) is 5.92 Å². The average molecular weight is 327 g/mol. The predicted octanol–water partition coefficient (Wildman–Crippen LogP) is 3.44. The van der Waals surface area contributed by atoms with E-state index in [1.54, 1.807) is 11.0 Å². The van der Waals surface area contributed by atoms with E-state index in [9.17, 15) is 18.0 Å². The Hall–Kier alpha value is -1.56. The molecule has 6 heteroatoms. The van der Waals surface area contributed by atoms with Crippen molar-refractivity contribution in [1.29, 1.82) is 0 Å². The Morgan fingerprint density at radius 1 is 1.17 bits per heavy atom. The maximum absolute atomic E-state index is 13.1. The lowest BCUT2D eigenvalue weighted by atomic mass is 10.0. The first kappa shape index (κ1) is 16.3. The summed E-state index contributed by atoms with van der Waals surface area (Å²) in [6, 6.07) is 5.57.